The Morgan fingerprint density at radius 1 is 0.750 bits per heavy atom. The van der Waals surface area contributed by atoms with Crippen LogP contribution >= 0.6 is 49.7 Å². The molecule has 0 spiro atoms. The Morgan fingerprint density at radius 3 is 1.50 bits per heavy atom. The molecule has 0 heterocycles. The maximum atomic E-state index is 5.36. The third-order valence-corrected chi connectivity index (χ3v) is 5.88. The number of benzene rings is 1. The zero-order chi connectivity index (χ0) is 19.9. The van der Waals surface area contributed by atoms with Crippen LogP contribution in [0, 0.1) is 11.8 Å². The van der Waals surface area contributed by atoms with Gasteiger partial charge in [0.25, 0.3) is 0 Å². The Labute approximate surface area is 189 Å². The molecule has 2 aliphatic rings. The molecular formula is C22H24N2S4. The fraction of sp³-hybridized carbons (Fsp3) is 0.273. The molecule has 0 saturated heterocycles. The van der Waals surface area contributed by atoms with Crippen LogP contribution in [0.4, 0.5) is 0 Å². The highest BCUT2D eigenvalue weighted by Crippen LogP contribution is 2.19. The zero-order valence-electron chi connectivity index (χ0n) is 15.5. The summed E-state index contributed by atoms with van der Waals surface area (Å²) in [7, 11) is 0. The minimum atomic E-state index is 0.387. The van der Waals surface area contributed by atoms with Crippen LogP contribution < -0.4 is 0 Å². The Morgan fingerprint density at radius 2 is 1.14 bits per heavy atom. The number of hydrogen-bond acceptors (Lipinski definition) is 2. The molecule has 2 nitrogen and oxygen atoms in total. The summed E-state index contributed by atoms with van der Waals surface area (Å²) in [5, 5.41) is 0. The standard InChI is InChI=1S/C22H24N2S4/c25-21(26)23(13-17-6-1-2-7-17)15-19-10-5-11-20(12-19)16-24(22(27)28)14-18-8-3-4-9-18/h1-12,17-18H,13-16H2,(H,25,26)(H,27,28). The Bertz CT molecular complexity index is 751. The number of hydrogen-bond donors (Lipinski definition) is 2. The quantitative estimate of drug-likeness (QED) is 0.420. The molecule has 2 aliphatic carbocycles. The first-order valence-electron chi connectivity index (χ1n) is 9.25. The van der Waals surface area contributed by atoms with E-state index in [0.717, 1.165) is 26.2 Å². The summed E-state index contributed by atoms with van der Waals surface area (Å²) in [6.45, 7) is 3.17. The second kappa shape index (κ2) is 10.4. The Balaban J connectivity index is 1.65. The van der Waals surface area contributed by atoms with Gasteiger partial charge in [-0.1, -0.05) is 97.3 Å². The van der Waals surface area contributed by atoms with Crippen molar-refractivity contribution in [3.05, 3.63) is 84.0 Å². The van der Waals surface area contributed by atoms with Gasteiger partial charge >= 0.3 is 0 Å². The summed E-state index contributed by atoms with van der Waals surface area (Å²) < 4.78 is 1.24. The van der Waals surface area contributed by atoms with Crippen LogP contribution in [0.3, 0.4) is 0 Å². The van der Waals surface area contributed by atoms with Crippen molar-refractivity contribution in [2.45, 2.75) is 13.1 Å². The van der Waals surface area contributed by atoms with Gasteiger partial charge in [0.05, 0.1) is 0 Å². The van der Waals surface area contributed by atoms with Gasteiger partial charge in [0, 0.05) is 38.0 Å². The molecule has 3 rings (SSSR count). The van der Waals surface area contributed by atoms with Gasteiger partial charge in [-0.15, -0.1) is 25.3 Å². The molecule has 0 bridgehead atoms. The van der Waals surface area contributed by atoms with Crippen molar-refractivity contribution < 1.29 is 0 Å². The highest BCUT2D eigenvalue weighted by molar-refractivity contribution is 8.11. The van der Waals surface area contributed by atoms with Crippen LogP contribution in [0.25, 0.3) is 0 Å². The summed E-state index contributed by atoms with van der Waals surface area (Å²) in [6, 6.07) is 8.58. The smallest absolute Gasteiger partial charge is 0.133 e. The molecule has 0 atom stereocenters. The molecule has 0 unspecified atom stereocenters. The molecule has 0 fully saturated rings. The van der Waals surface area contributed by atoms with E-state index in [9.17, 15) is 0 Å². The first-order valence-corrected chi connectivity index (χ1v) is 11.0. The fourth-order valence-corrected chi connectivity index (χ4v) is 3.98. The van der Waals surface area contributed by atoms with E-state index in [1.54, 1.807) is 0 Å². The van der Waals surface area contributed by atoms with Gasteiger partial charge in [-0.2, -0.15) is 0 Å². The monoisotopic (exact) mass is 444 g/mol. The normalized spacial score (nSPS) is 15.5. The second-order valence-electron chi connectivity index (χ2n) is 7.01. The summed E-state index contributed by atoms with van der Waals surface area (Å²) in [5.74, 6) is 0.774. The van der Waals surface area contributed by atoms with Crippen molar-refractivity contribution in [1.82, 2.24) is 9.80 Å². The number of thiocarbonyl (C=S) groups is 2. The molecular weight excluding hydrogens is 421 g/mol. The average Bonchev–Trinajstić information content (AvgIpc) is 3.35. The molecule has 0 radical (unpaired) electrons. The lowest BCUT2D eigenvalue weighted by molar-refractivity contribution is 0.399. The lowest BCUT2D eigenvalue weighted by atomic mass is 10.1. The lowest BCUT2D eigenvalue weighted by Crippen LogP contribution is -2.31. The van der Waals surface area contributed by atoms with E-state index >= 15 is 0 Å². The topological polar surface area (TPSA) is 6.48 Å². The first-order chi connectivity index (χ1) is 13.5. The van der Waals surface area contributed by atoms with Crippen LogP contribution in [0.15, 0.2) is 72.9 Å². The van der Waals surface area contributed by atoms with Crippen LogP contribution in [0.1, 0.15) is 11.1 Å². The second-order valence-corrected chi connectivity index (χ2v) is 9.24. The third kappa shape index (κ3) is 6.34. The van der Waals surface area contributed by atoms with Crippen LogP contribution in [0.5, 0.6) is 0 Å². The summed E-state index contributed by atoms with van der Waals surface area (Å²) >= 11 is 19.6. The van der Waals surface area contributed by atoms with E-state index in [2.05, 4.69) is 108 Å². The average molecular weight is 445 g/mol. The maximum Gasteiger partial charge on any atom is 0.133 e. The minimum absolute atomic E-state index is 0.387. The molecule has 0 amide bonds. The maximum absolute atomic E-state index is 5.36. The number of nitrogens with zero attached hydrogens (tertiary/aromatic N) is 2. The SMILES string of the molecule is S=C(S)N(Cc1cccc(CN(CC2C=CC=C2)C(=S)S)c1)CC1C=CC=C1. The van der Waals surface area contributed by atoms with Crippen molar-refractivity contribution in [2.24, 2.45) is 11.8 Å². The van der Waals surface area contributed by atoms with E-state index in [4.69, 9.17) is 24.4 Å². The van der Waals surface area contributed by atoms with Gasteiger partial charge in [-0.25, -0.2) is 0 Å². The van der Waals surface area contributed by atoms with Crippen molar-refractivity contribution >= 4 is 58.3 Å². The van der Waals surface area contributed by atoms with Crippen molar-refractivity contribution in [3.8, 4) is 0 Å². The van der Waals surface area contributed by atoms with Crippen molar-refractivity contribution in [3.63, 3.8) is 0 Å². The number of rotatable bonds is 8. The highest BCUT2D eigenvalue weighted by Gasteiger charge is 2.15. The minimum Gasteiger partial charge on any atom is -0.352 e. The molecule has 28 heavy (non-hydrogen) atoms. The molecule has 146 valence electrons. The van der Waals surface area contributed by atoms with Gasteiger partial charge in [0.1, 0.15) is 8.64 Å². The largest absolute Gasteiger partial charge is 0.352 e. The number of allylic oxidation sites excluding steroid dienone is 4. The molecule has 0 N–H and O–H groups in total. The van der Waals surface area contributed by atoms with Gasteiger partial charge in [-0.3, -0.25) is 0 Å². The molecule has 1 aromatic rings. The predicted octanol–water partition coefficient (Wildman–Crippen LogP) is 5.20. The van der Waals surface area contributed by atoms with Crippen LogP contribution in [0.2, 0.25) is 0 Å². The zero-order valence-corrected chi connectivity index (χ0v) is 18.9. The van der Waals surface area contributed by atoms with Gasteiger partial charge in [-0.05, 0) is 11.1 Å². The molecule has 1 aromatic carbocycles. The van der Waals surface area contributed by atoms with Gasteiger partial charge in [0.2, 0.25) is 0 Å². The highest BCUT2D eigenvalue weighted by atomic mass is 32.1. The summed E-state index contributed by atoms with van der Waals surface area (Å²) in [5.41, 5.74) is 2.43. The van der Waals surface area contributed by atoms with E-state index in [-0.39, 0.29) is 0 Å². The van der Waals surface area contributed by atoms with Gasteiger partial charge < -0.3 is 9.80 Å². The Hall–Kier alpha value is -1.34. The van der Waals surface area contributed by atoms with Crippen molar-refractivity contribution in [1.29, 1.82) is 0 Å². The summed E-state index contributed by atoms with van der Waals surface area (Å²) in [4.78, 5) is 4.27. The Kier molecular flexibility index (Phi) is 7.97. The van der Waals surface area contributed by atoms with E-state index < -0.39 is 0 Å². The molecule has 0 aliphatic heterocycles. The van der Waals surface area contributed by atoms with Crippen LogP contribution in [-0.4, -0.2) is 31.5 Å². The van der Waals surface area contributed by atoms with E-state index in [0.29, 0.717) is 20.5 Å². The van der Waals surface area contributed by atoms with E-state index in [1.807, 2.05) is 0 Å². The van der Waals surface area contributed by atoms with E-state index in [1.165, 1.54) is 11.1 Å². The fourth-order valence-electron chi connectivity index (χ4n) is 3.40. The molecule has 0 aromatic heterocycles. The lowest BCUT2D eigenvalue weighted by Gasteiger charge is -2.26. The predicted molar refractivity (Wildman–Crippen MR) is 134 cm³/mol. The summed E-state index contributed by atoms with van der Waals surface area (Å²) in [6.07, 6.45) is 17.1. The molecule has 0 saturated carbocycles. The molecule has 6 heteroatoms. The number of thiol groups is 2. The first kappa shape index (κ1) is 21.4. The third-order valence-electron chi connectivity index (χ3n) is 4.80. The van der Waals surface area contributed by atoms with Gasteiger partial charge in [0.15, 0.2) is 0 Å². The van der Waals surface area contributed by atoms with Crippen molar-refractivity contribution in [2.75, 3.05) is 13.1 Å². The van der Waals surface area contributed by atoms with Crippen LogP contribution in [-0.2, 0) is 13.1 Å².